The van der Waals surface area contributed by atoms with Gasteiger partial charge in [-0.2, -0.15) is 0 Å². The molecule has 0 fully saturated rings. The van der Waals surface area contributed by atoms with Crippen molar-refractivity contribution >= 4 is 11.7 Å². The third kappa shape index (κ3) is 3.98. The molecular weight excluding hydrogens is 242 g/mol. The number of amides is 1. The lowest BCUT2D eigenvalue weighted by Gasteiger charge is -2.29. The van der Waals surface area contributed by atoms with E-state index in [0.717, 1.165) is 5.56 Å². The lowest BCUT2D eigenvalue weighted by molar-refractivity contribution is -0.133. The second-order valence-corrected chi connectivity index (χ2v) is 4.78. The molecule has 0 saturated heterocycles. The maximum absolute atomic E-state index is 12.5. The molecule has 1 rings (SSSR count). The molecule has 1 aromatic carbocycles. The fraction of sp³-hybridized carbons (Fsp3) is 0.429. The molecule has 0 bridgehead atoms. The average molecular weight is 263 g/mol. The number of oxime groups is 1. The fourth-order valence-electron chi connectivity index (χ4n) is 1.85. The number of amidine groups is 1. The standard InChI is InChI=1S/C14H21N3O2/c1-10(2)17(9-13(15)16-19)14(18)11(3)12-7-5-4-6-8-12/h4-8,10-11,19H,9H2,1-3H3,(H2,15,16). The molecular formula is C14H21N3O2. The predicted molar refractivity (Wildman–Crippen MR) is 75.1 cm³/mol. The molecule has 0 aromatic heterocycles. The van der Waals surface area contributed by atoms with Crippen LogP contribution in [0.4, 0.5) is 0 Å². The first kappa shape index (κ1) is 15.0. The molecule has 0 aliphatic rings. The summed E-state index contributed by atoms with van der Waals surface area (Å²) in [5.74, 6) is -0.259. The molecule has 0 heterocycles. The Morgan fingerprint density at radius 2 is 1.89 bits per heavy atom. The zero-order valence-corrected chi connectivity index (χ0v) is 11.6. The van der Waals surface area contributed by atoms with Gasteiger partial charge in [-0.3, -0.25) is 4.79 Å². The van der Waals surface area contributed by atoms with Crippen molar-refractivity contribution < 1.29 is 10.0 Å². The minimum Gasteiger partial charge on any atom is -0.409 e. The van der Waals surface area contributed by atoms with Gasteiger partial charge in [-0.05, 0) is 26.3 Å². The molecule has 1 unspecified atom stereocenters. The van der Waals surface area contributed by atoms with E-state index in [2.05, 4.69) is 5.16 Å². The number of carbonyl (C=O) groups is 1. The summed E-state index contributed by atoms with van der Waals surface area (Å²) in [5.41, 5.74) is 6.45. The Balaban J connectivity index is 2.88. The summed E-state index contributed by atoms with van der Waals surface area (Å²) in [6, 6.07) is 9.55. The van der Waals surface area contributed by atoms with Gasteiger partial charge in [-0.15, -0.1) is 0 Å². The molecule has 3 N–H and O–H groups in total. The van der Waals surface area contributed by atoms with Gasteiger partial charge in [-0.25, -0.2) is 0 Å². The topological polar surface area (TPSA) is 78.9 Å². The summed E-state index contributed by atoms with van der Waals surface area (Å²) >= 11 is 0. The van der Waals surface area contributed by atoms with E-state index in [-0.39, 0.29) is 30.2 Å². The van der Waals surface area contributed by atoms with Crippen LogP contribution in [0.15, 0.2) is 35.5 Å². The largest absolute Gasteiger partial charge is 0.409 e. The van der Waals surface area contributed by atoms with Crippen LogP contribution < -0.4 is 5.73 Å². The minimum atomic E-state index is -0.255. The minimum absolute atomic E-state index is 0.0148. The van der Waals surface area contributed by atoms with E-state index in [1.54, 1.807) is 4.90 Å². The quantitative estimate of drug-likeness (QED) is 0.368. The molecule has 0 aliphatic heterocycles. The molecule has 0 aliphatic carbocycles. The second kappa shape index (κ2) is 6.78. The number of hydrogen-bond acceptors (Lipinski definition) is 3. The van der Waals surface area contributed by atoms with Crippen molar-refractivity contribution in [2.24, 2.45) is 10.9 Å². The lowest BCUT2D eigenvalue weighted by atomic mass is 9.99. The van der Waals surface area contributed by atoms with Crippen LogP contribution in [0.3, 0.4) is 0 Å². The van der Waals surface area contributed by atoms with Crippen LogP contribution in [0.1, 0.15) is 32.3 Å². The van der Waals surface area contributed by atoms with Crippen molar-refractivity contribution in [3.63, 3.8) is 0 Å². The van der Waals surface area contributed by atoms with Crippen molar-refractivity contribution in [3.8, 4) is 0 Å². The van der Waals surface area contributed by atoms with Crippen molar-refractivity contribution in [1.29, 1.82) is 0 Å². The van der Waals surface area contributed by atoms with Gasteiger partial charge in [0.15, 0.2) is 5.84 Å². The Morgan fingerprint density at radius 1 is 1.32 bits per heavy atom. The fourth-order valence-corrected chi connectivity index (χ4v) is 1.85. The van der Waals surface area contributed by atoms with Crippen molar-refractivity contribution in [2.45, 2.75) is 32.7 Å². The van der Waals surface area contributed by atoms with Crippen LogP contribution in [0.25, 0.3) is 0 Å². The molecule has 5 heteroatoms. The normalized spacial score (nSPS) is 13.4. The first-order valence-electron chi connectivity index (χ1n) is 6.29. The third-order valence-electron chi connectivity index (χ3n) is 3.04. The van der Waals surface area contributed by atoms with E-state index in [9.17, 15) is 4.79 Å². The van der Waals surface area contributed by atoms with Crippen LogP contribution in [0, 0.1) is 0 Å². The van der Waals surface area contributed by atoms with E-state index in [0.29, 0.717) is 0 Å². The molecule has 104 valence electrons. The Bertz CT molecular complexity index is 443. The van der Waals surface area contributed by atoms with Crippen LogP contribution in [-0.4, -0.2) is 34.4 Å². The van der Waals surface area contributed by atoms with Crippen molar-refractivity contribution in [3.05, 3.63) is 35.9 Å². The summed E-state index contributed by atoms with van der Waals surface area (Å²) in [6.45, 7) is 5.80. The van der Waals surface area contributed by atoms with E-state index in [1.165, 1.54) is 0 Å². The zero-order valence-electron chi connectivity index (χ0n) is 11.6. The highest BCUT2D eigenvalue weighted by Crippen LogP contribution is 2.18. The highest BCUT2D eigenvalue weighted by molar-refractivity contribution is 5.89. The van der Waals surface area contributed by atoms with Crippen LogP contribution >= 0.6 is 0 Å². The van der Waals surface area contributed by atoms with E-state index in [1.807, 2.05) is 51.1 Å². The van der Waals surface area contributed by atoms with Gasteiger partial charge in [0.25, 0.3) is 0 Å². The molecule has 5 nitrogen and oxygen atoms in total. The van der Waals surface area contributed by atoms with Crippen LogP contribution in [0.2, 0.25) is 0 Å². The monoisotopic (exact) mass is 263 g/mol. The van der Waals surface area contributed by atoms with Gasteiger partial charge in [0, 0.05) is 6.04 Å². The van der Waals surface area contributed by atoms with Gasteiger partial charge < -0.3 is 15.8 Å². The van der Waals surface area contributed by atoms with Gasteiger partial charge in [-0.1, -0.05) is 35.5 Å². The van der Waals surface area contributed by atoms with Gasteiger partial charge in [0.05, 0.1) is 12.5 Å². The number of nitrogens with two attached hydrogens (primary N) is 1. The summed E-state index contributed by atoms with van der Waals surface area (Å²) < 4.78 is 0. The maximum Gasteiger partial charge on any atom is 0.230 e. The zero-order chi connectivity index (χ0) is 14.4. The summed E-state index contributed by atoms with van der Waals surface area (Å²) in [7, 11) is 0. The molecule has 0 saturated carbocycles. The third-order valence-corrected chi connectivity index (χ3v) is 3.04. The molecule has 0 radical (unpaired) electrons. The first-order valence-corrected chi connectivity index (χ1v) is 6.29. The Hall–Kier alpha value is -2.04. The second-order valence-electron chi connectivity index (χ2n) is 4.78. The number of rotatable bonds is 5. The molecule has 0 spiro atoms. The molecule has 1 atom stereocenters. The van der Waals surface area contributed by atoms with Crippen molar-refractivity contribution in [1.82, 2.24) is 4.90 Å². The summed E-state index contributed by atoms with van der Waals surface area (Å²) in [5, 5.41) is 11.6. The Labute approximate surface area is 113 Å². The number of carbonyl (C=O) groups excluding carboxylic acids is 1. The number of nitrogens with zero attached hydrogens (tertiary/aromatic N) is 2. The predicted octanol–water partition coefficient (Wildman–Crippen LogP) is 1.77. The molecule has 1 aromatic rings. The first-order chi connectivity index (χ1) is 8.97. The lowest BCUT2D eigenvalue weighted by Crippen LogP contribution is -2.44. The van der Waals surface area contributed by atoms with Crippen LogP contribution in [-0.2, 0) is 4.79 Å². The summed E-state index contributed by atoms with van der Waals surface area (Å²) in [6.07, 6.45) is 0. The maximum atomic E-state index is 12.5. The highest BCUT2D eigenvalue weighted by atomic mass is 16.4. The Morgan fingerprint density at radius 3 is 2.37 bits per heavy atom. The van der Waals surface area contributed by atoms with Gasteiger partial charge in [0.1, 0.15) is 0 Å². The van der Waals surface area contributed by atoms with E-state index in [4.69, 9.17) is 10.9 Å². The smallest absolute Gasteiger partial charge is 0.230 e. The Kier molecular flexibility index (Phi) is 5.36. The van der Waals surface area contributed by atoms with Gasteiger partial charge >= 0.3 is 0 Å². The van der Waals surface area contributed by atoms with Crippen molar-refractivity contribution in [2.75, 3.05) is 6.54 Å². The van der Waals surface area contributed by atoms with Gasteiger partial charge in [0.2, 0.25) is 5.91 Å². The molecule has 1 amide bonds. The number of hydrogen-bond donors (Lipinski definition) is 2. The van der Waals surface area contributed by atoms with E-state index >= 15 is 0 Å². The highest BCUT2D eigenvalue weighted by Gasteiger charge is 2.24. The average Bonchev–Trinajstić information content (AvgIpc) is 2.43. The SMILES string of the molecule is CC(C(=O)N(C/C(N)=N/O)C(C)C)c1ccccc1. The van der Waals surface area contributed by atoms with E-state index < -0.39 is 0 Å². The summed E-state index contributed by atoms with van der Waals surface area (Å²) in [4.78, 5) is 14.1. The molecule has 19 heavy (non-hydrogen) atoms. The number of benzene rings is 1. The van der Waals surface area contributed by atoms with Crippen LogP contribution in [0.5, 0.6) is 0 Å².